The number of aromatic hydroxyl groups is 1. The Hall–Kier alpha value is -2.32. The second-order valence-corrected chi connectivity index (χ2v) is 13.9. The van der Waals surface area contributed by atoms with Gasteiger partial charge in [-0.3, -0.25) is 14.5 Å². The third kappa shape index (κ3) is 3.38. The lowest BCUT2D eigenvalue weighted by Crippen LogP contribution is -2.81. The van der Waals surface area contributed by atoms with Gasteiger partial charge in [0.25, 0.3) is 0 Å². The lowest BCUT2D eigenvalue weighted by atomic mass is 9.35. The van der Waals surface area contributed by atoms with Crippen molar-refractivity contribution >= 4 is 11.8 Å². The second-order valence-electron chi connectivity index (χ2n) is 13.9. The summed E-state index contributed by atoms with van der Waals surface area (Å²) in [6, 6.07) is 3.83. The minimum Gasteiger partial charge on any atom is -0.504 e. The molecule has 8 atom stereocenters. The standard InChI is InChI=1S/C32H45N3O5/c1-5-18(2)26(34-19(3)36)28(38)33-16-22-15-30-10-11-32(22,39-4)29-31(30)12-13-35(17-20-6-7-20)24(30)14-21-8-9-23(37)27(40-29)25(21)31/h8-9,18,20,22,24,26,29,37H,5-7,10-17H2,1-4H3,(H,33,38)(H,34,36)/t18-,22+,24+,26-,29?,30+,31-,32?/m0/s1. The summed E-state index contributed by atoms with van der Waals surface area (Å²) in [7, 11) is 1.80. The molecule has 2 aliphatic heterocycles. The van der Waals surface area contributed by atoms with E-state index in [-0.39, 0.29) is 46.3 Å². The van der Waals surface area contributed by atoms with Crippen LogP contribution in [0.5, 0.6) is 11.5 Å². The largest absolute Gasteiger partial charge is 0.504 e. The molecule has 4 bridgehead atoms. The summed E-state index contributed by atoms with van der Waals surface area (Å²) in [5.74, 6) is 1.53. The van der Waals surface area contributed by atoms with Gasteiger partial charge in [-0.2, -0.15) is 0 Å². The number of nitrogens with one attached hydrogen (secondary N) is 2. The molecule has 40 heavy (non-hydrogen) atoms. The number of carbonyl (C=O) groups is 2. The molecular formula is C32H45N3O5. The van der Waals surface area contributed by atoms with Gasteiger partial charge < -0.3 is 25.2 Å². The Bertz CT molecular complexity index is 1230. The van der Waals surface area contributed by atoms with Gasteiger partial charge >= 0.3 is 0 Å². The highest BCUT2D eigenvalue weighted by molar-refractivity contribution is 5.87. The van der Waals surface area contributed by atoms with Crippen LogP contribution in [0.2, 0.25) is 0 Å². The van der Waals surface area contributed by atoms with Crippen LogP contribution < -0.4 is 15.4 Å². The van der Waals surface area contributed by atoms with E-state index in [0.717, 1.165) is 51.0 Å². The van der Waals surface area contributed by atoms with E-state index in [2.05, 4.69) is 21.6 Å². The smallest absolute Gasteiger partial charge is 0.242 e. The molecule has 1 aromatic rings. The maximum absolute atomic E-state index is 13.5. The number of nitrogens with zero attached hydrogens (tertiary/aromatic N) is 1. The Kier molecular flexibility index (Phi) is 6.04. The number of likely N-dealkylation sites (tertiary alicyclic amines) is 1. The van der Waals surface area contributed by atoms with Gasteiger partial charge in [0.1, 0.15) is 17.7 Å². The molecular weight excluding hydrogens is 506 g/mol. The molecule has 2 heterocycles. The van der Waals surface area contributed by atoms with Gasteiger partial charge in [-0.1, -0.05) is 26.3 Å². The highest BCUT2D eigenvalue weighted by atomic mass is 16.6. The summed E-state index contributed by atoms with van der Waals surface area (Å²) in [5.41, 5.74) is 1.87. The van der Waals surface area contributed by atoms with Crippen LogP contribution in [0.3, 0.4) is 0 Å². The van der Waals surface area contributed by atoms with Gasteiger partial charge in [0, 0.05) is 55.5 Å². The minimum absolute atomic E-state index is 0.0142. The zero-order valence-electron chi connectivity index (χ0n) is 24.4. The van der Waals surface area contributed by atoms with Crippen molar-refractivity contribution < 1.29 is 24.2 Å². The number of benzene rings is 1. The van der Waals surface area contributed by atoms with E-state index in [1.807, 2.05) is 19.9 Å². The molecule has 5 fully saturated rings. The van der Waals surface area contributed by atoms with Crippen LogP contribution in [-0.2, 0) is 26.2 Å². The molecule has 7 aliphatic rings. The molecule has 0 radical (unpaired) electrons. The molecule has 2 unspecified atom stereocenters. The average molecular weight is 552 g/mol. The average Bonchev–Trinajstić information content (AvgIpc) is 3.69. The Balaban J connectivity index is 1.26. The predicted molar refractivity (Wildman–Crippen MR) is 150 cm³/mol. The van der Waals surface area contributed by atoms with Gasteiger partial charge in [0.2, 0.25) is 11.8 Å². The maximum atomic E-state index is 13.5. The van der Waals surface area contributed by atoms with Crippen molar-refractivity contribution in [2.45, 2.75) is 101 Å². The van der Waals surface area contributed by atoms with Crippen LogP contribution in [0.15, 0.2) is 12.1 Å². The SMILES string of the molecule is CC[C@H](C)[C@H](NC(C)=O)C(=O)NC[C@H]1C[C@@]23CCC1(OC)C1Oc4c(O)ccc5c4[C@@]12CCN(CC1CC1)[C@@H]3C5. The van der Waals surface area contributed by atoms with Gasteiger partial charge in [0.05, 0.1) is 0 Å². The molecule has 1 aromatic carbocycles. The Morgan fingerprint density at radius 1 is 1.25 bits per heavy atom. The first-order chi connectivity index (χ1) is 19.2. The number of phenolic OH excluding ortho intramolecular Hbond substituents is 1. The molecule has 2 amide bonds. The predicted octanol–water partition coefficient (Wildman–Crippen LogP) is 3.28. The normalized spacial score (nSPS) is 38.2. The van der Waals surface area contributed by atoms with E-state index < -0.39 is 11.6 Å². The van der Waals surface area contributed by atoms with Crippen LogP contribution in [0.4, 0.5) is 0 Å². The molecule has 4 saturated carbocycles. The van der Waals surface area contributed by atoms with Crippen molar-refractivity contribution in [1.82, 2.24) is 15.5 Å². The number of hydrogen-bond acceptors (Lipinski definition) is 6. The van der Waals surface area contributed by atoms with Gasteiger partial charge in [-0.25, -0.2) is 0 Å². The van der Waals surface area contributed by atoms with Crippen molar-refractivity contribution in [2.24, 2.45) is 23.2 Å². The molecule has 218 valence electrons. The highest BCUT2D eigenvalue weighted by Gasteiger charge is 2.80. The van der Waals surface area contributed by atoms with Gasteiger partial charge in [0.15, 0.2) is 11.5 Å². The van der Waals surface area contributed by atoms with E-state index in [4.69, 9.17) is 9.47 Å². The number of methoxy groups -OCH3 is 1. The lowest BCUT2D eigenvalue weighted by Gasteiger charge is -2.74. The number of hydrogen-bond donors (Lipinski definition) is 3. The molecule has 3 N–H and O–H groups in total. The number of phenols is 1. The summed E-state index contributed by atoms with van der Waals surface area (Å²) < 4.78 is 13.4. The van der Waals surface area contributed by atoms with Crippen molar-refractivity contribution in [1.29, 1.82) is 0 Å². The number of piperidine rings is 1. The van der Waals surface area contributed by atoms with Crippen LogP contribution in [0, 0.1) is 23.2 Å². The van der Waals surface area contributed by atoms with Crippen LogP contribution >= 0.6 is 0 Å². The molecule has 0 aromatic heterocycles. The van der Waals surface area contributed by atoms with E-state index in [1.54, 1.807) is 7.11 Å². The fourth-order valence-corrected chi connectivity index (χ4v) is 10.0. The Morgan fingerprint density at radius 2 is 2.05 bits per heavy atom. The molecule has 2 spiro atoms. The van der Waals surface area contributed by atoms with Gasteiger partial charge in [-0.15, -0.1) is 0 Å². The third-order valence-corrected chi connectivity index (χ3v) is 12.2. The van der Waals surface area contributed by atoms with Crippen LogP contribution in [0.25, 0.3) is 0 Å². The number of fused-ring (bicyclic) bond motifs is 2. The fraction of sp³-hybridized carbons (Fsp3) is 0.750. The Labute approximate surface area is 237 Å². The number of ether oxygens (including phenoxy) is 2. The zero-order chi connectivity index (χ0) is 28.0. The fourth-order valence-electron chi connectivity index (χ4n) is 10.0. The molecule has 1 saturated heterocycles. The Morgan fingerprint density at radius 3 is 2.75 bits per heavy atom. The van der Waals surface area contributed by atoms with E-state index >= 15 is 0 Å². The minimum atomic E-state index is -0.557. The van der Waals surface area contributed by atoms with Crippen LogP contribution in [0.1, 0.15) is 76.8 Å². The molecule has 8 heteroatoms. The van der Waals surface area contributed by atoms with E-state index in [9.17, 15) is 14.7 Å². The molecule has 8 rings (SSSR count). The maximum Gasteiger partial charge on any atom is 0.242 e. The monoisotopic (exact) mass is 551 g/mol. The molecule has 5 aliphatic carbocycles. The molecule has 8 nitrogen and oxygen atoms in total. The number of carbonyl (C=O) groups excluding carboxylic acids is 2. The first kappa shape index (κ1) is 26.6. The van der Waals surface area contributed by atoms with Crippen molar-refractivity contribution in [3.05, 3.63) is 23.3 Å². The summed E-state index contributed by atoms with van der Waals surface area (Å²) in [5, 5.41) is 17.1. The second kappa shape index (κ2) is 9.09. The van der Waals surface area contributed by atoms with E-state index in [1.165, 1.54) is 37.4 Å². The highest BCUT2D eigenvalue weighted by Crippen LogP contribution is 2.76. The van der Waals surface area contributed by atoms with Gasteiger partial charge in [-0.05, 0) is 75.0 Å². The summed E-state index contributed by atoms with van der Waals surface area (Å²) in [6.45, 7) is 8.24. The lowest BCUT2D eigenvalue weighted by molar-refractivity contribution is -0.276. The zero-order valence-corrected chi connectivity index (χ0v) is 24.4. The van der Waals surface area contributed by atoms with Crippen LogP contribution in [-0.4, -0.2) is 72.4 Å². The third-order valence-electron chi connectivity index (χ3n) is 12.2. The number of amides is 2. The first-order valence-electron chi connectivity index (χ1n) is 15.6. The topological polar surface area (TPSA) is 100 Å². The number of rotatable bonds is 9. The van der Waals surface area contributed by atoms with Crippen molar-refractivity contribution in [3.8, 4) is 11.5 Å². The van der Waals surface area contributed by atoms with Crippen molar-refractivity contribution in [2.75, 3.05) is 26.7 Å². The van der Waals surface area contributed by atoms with E-state index in [0.29, 0.717) is 18.3 Å². The quantitative estimate of drug-likeness (QED) is 0.436. The summed E-state index contributed by atoms with van der Waals surface area (Å²) >= 11 is 0. The van der Waals surface area contributed by atoms with Crippen molar-refractivity contribution in [3.63, 3.8) is 0 Å². The summed E-state index contributed by atoms with van der Waals surface area (Å²) in [4.78, 5) is 28.2. The first-order valence-corrected chi connectivity index (χ1v) is 15.6. The summed E-state index contributed by atoms with van der Waals surface area (Å²) in [6.07, 6.45) is 8.23.